The molecule has 0 heterocycles. The van der Waals surface area contributed by atoms with Crippen molar-refractivity contribution in [2.45, 2.75) is 45.9 Å². The van der Waals surface area contributed by atoms with Crippen LogP contribution in [0.3, 0.4) is 0 Å². The Morgan fingerprint density at radius 2 is 0.927 bits per heavy atom. The van der Waals surface area contributed by atoms with E-state index in [2.05, 4.69) is 14.2 Å². The van der Waals surface area contributed by atoms with Crippen LogP contribution in [-0.2, 0) is 17.1 Å². The molecule has 0 saturated heterocycles. The van der Waals surface area contributed by atoms with Crippen LogP contribution in [0.1, 0.15) is 5.56 Å². The molecule has 0 aliphatic rings. The van der Waals surface area contributed by atoms with Crippen LogP contribution in [0.25, 0.3) is 0 Å². The van der Waals surface area contributed by atoms with Crippen molar-refractivity contribution in [2.75, 3.05) is 0 Å². The summed E-state index contributed by atoms with van der Waals surface area (Å²) >= 11 is 0. The van der Waals surface area contributed by atoms with Crippen LogP contribution in [0, 0.1) is 0 Å². The Labute approximate surface area is 222 Å². The highest BCUT2D eigenvalue weighted by molar-refractivity contribution is 7.97. The predicted molar refractivity (Wildman–Crippen MR) is 111 cm³/mol. The average molecular weight is 633 g/mol. The molecule has 0 aromatic heterocycles. The number of benzene rings is 3. The third-order valence-electron chi connectivity index (χ3n) is 4.65. The molecule has 41 heavy (non-hydrogen) atoms. The Morgan fingerprint density at radius 1 is 0.488 bits per heavy atom. The van der Waals surface area contributed by atoms with E-state index in [0.29, 0.717) is 24.3 Å². The van der Waals surface area contributed by atoms with Crippen molar-refractivity contribution >= 4 is 10.9 Å². The molecule has 3 rings (SSSR count). The van der Waals surface area contributed by atoms with Gasteiger partial charge < -0.3 is 14.2 Å². The van der Waals surface area contributed by atoms with Crippen molar-refractivity contribution < 1.29 is 75.7 Å². The number of rotatable bonds is 7. The minimum atomic E-state index is -6.11. The van der Waals surface area contributed by atoms with Gasteiger partial charge in [0.1, 0.15) is 22.4 Å². The van der Waals surface area contributed by atoms with Gasteiger partial charge in [0.25, 0.3) is 0 Å². The molecule has 1 atom stereocenters. The number of halogens is 14. The summed E-state index contributed by atoms with van der Waals surface area (Å²) in [5.74, 6) is -3.19. The topological polar surface area (TPSA) is 27.7 Å². The van der Waals surface area contributed by atoms with Crippen molar-refractivity contribution in [1.29, 1.82) is 0 Å². The lowest BCUT2D eigenvalue weighted by molar-refractivity contribution is -0.360. The van der Waals surface area contributed by atoms with E-state index in [1.165, 1.54) is 0 Å². The first-order valence-corrected chi connectivity index (χ1v) is 11.6. The second kappa shape index (κ2) is 11.0. The zero-order chi connectivity index (χ0) is 31.0. The summed E-state index contributed by atoms with van der Waals surface area (Å²) in [5, 5.41) is 0. The lowest BCUT2D eigenvalue weighted by Gasteiger charge is -2.20. The lowest BCUT2D eigenvalue weighted by atomic mass is 10.2. The molecule has 0 N–H and O–H groups in total. The van der Waals surface area contributed by atoms with E-state index in [4.69, 9.17) is 0 Å². The highest BCUT2D eigenvalue weighted by Gasteiger charge is 2.61. The van der Waals surface area contributed by atoms with Gasteiger partial charge in [-0.25, -0.2) is 0 Å². The average Bonchev–Trinajstić information content (AvgIpc) is 2.78. The maximum absolute atomic E-state index is 13.3. The standard InChI is InChI=1S/C23H11F14O3S/c24-19(25,26)12-1-10-18(17(11-12)40-23(35,36)37)41(16-8-4-14(5-9-16)39-22(32,33)34)15-6-2-13(3-7-15)38-21(30,31)20(27,28)29/h1-11H/q+1. The molecule has 0 radical (unpaired) electrons. The summed E-state index contributed by atoms with van der Waals surface area (Å²) in [5.41, 5.74) is -1.56. The van der Waals surface area contributed by atoms with Crippen molar-refractivity contribution in [1.82, 2.24) is 0 Å². The first-order valence-electron chi connectivity index (χ1n) is 10.4. The van der Waals surface area contributed by atoms with Gasteiger partial charge in [-0.1, -0.05) is 0 Å². The number of hydrogen-bond donors (Lipinski definition) is 0. The van der Waals surface area contributed by atoms with Gasteiger partial charge in [-0.2, -0.15) is 35.1 Å². The van der Waals surface area contributed by atoms with Crippen LogP contribution < -0.4 is 14.2 Å². The molecule has 224 valence electrons. The summed E-state index contributed by atoms with van der Waals surface area (Å²) < 4.78 is 192. The van der Waals surface area contributed by atoms with Crippen LogP contribution in [0.4, 0.5) is 61.5 Å². The molecule has 0 spiro atoms. The van der Waals surface area contributed by atoms with Gasteiger partial charge in [0.05, 0.1) is 5.56 Å². The minimum absolute atomic E-state index is 0.0192. The maximum atomic E-state index is 13.3. The molecule has 0 aliphatic heterocycles. The maximum Gasteiger partial charge on any atom is 0.573 e. The van der Waals surface area contributed by atoms with Gasteiger partial charge in [0, 0.05) is 0 Å². The molecule has 0 fully saturated rings. The summed E-state index contributed by atoms with van der Waals surface area (Å²) in [6.45, 7) is 0. The van der Waals surface area contributed by atoms with E-state index >= 15 is 0 Å². The van der Waals surface area contributed by atoms with Crippen LogP contribution >= 0.6 is 0 Å². The molecule has 3 aromatic carbocycles. The summed E-state index contributed by atoms with van der Waals surface area (Å²) in [7, 11) is -1.97. The SMILES string of the molecule is FC(F)(F)Oc1ccc([S+](c2ccc(OC(F)(F)C(F)(F)F)cc2)c2ccc(C(F)(F)F)cc2OC(F)(F)F)cc1. The third kappa shape index (κ3) is 8.46. The normalized spacial score (nSPS) is 14.0. The van der Waals surface area contributed by atoms with E-state index in [1.54, 1.807) is 0 Å². The van der Waals surface area contributed by atoms with Gasteiger partial charge in [0.15, 0.2) is 15.5 Å². The Balaban J connectivity index is 2.16. The molecule has 0 bridgehead atoms. The van der Waals surface area contributed by atoms with Crippen molar-refractivity contribution in [3.8, 4) is 17.2 Å². The van der Waals surface area contributed by atoms with Crippen LogP contribution in [0.5, 0.6) is 17.2 Å². The number of ether oxygens (including phenoxy) is 3. The van der Waals surface area contributed by atoms with E-state index in [9.17, 15) is 61.5 Å². The Hall–Kier alpha value is -3.57. The predicted octanol–water partition coefficient (Wildman–Crippen LogP) is 9.13. The molecular weight excluding hydrogens is 622 g/mol. The summed E-state index contributed by atoms with van der Waals surface area (Å²) in [6.07, 6.45) is -27.5. The van der Waals surface area contributed by atoms with Crippen LogP contribution in [-0.4, -0.2) is 25.0 Å². The molecule has 0 aliphatic carbocycles. The molecule has 1 unspecified atom stereocenters. The fraction of sp³-hybridized carbons (Fsp3) is 0.217. The largest absolute Gasteiger partial charge is 0.573 e. The van der Waals surface area contributed by atoms with Crippen molar-refractivity contribution in [3.05, 3.63) is 72.3 Å². The summed E-state index contributed by atoms with van der Waals surface area (Å²) in [6, 6.07) is 7.09. The molecule has 0 saturated carbocycles. The van der Waals surface area contributed by atoms with Gasteiger partial charge in [-0.3, -0.25) is 0 Å². The molecular formula is C23H11F14O3S+. The van der Waals surface area contributed by atoms with Gasteiger partial charge in [0.2, 0.25) is 4.90 Å². The first kappa shape index (κ1) is 32.0. The zero-order valence-electron chi connectivity index (χ0n) is 19.3. The van der Waals surface area contributed by atoms with Crippen molar-refractivity contribution in [2.24, 2.45) is 0 Å². The summed E-state index contributed by atoms with van der Waals surface area (Å²) in [4.78, 5) is -0.932. The number of hydrogen-bond acceptors (Lipinski definition) is 3. The molecule has 0 amide bonds. The van der Waals surface area contributed by atoms with E-state index in [0.717, 1.165) is 36.4 Å². The second-order valence-corrected chi connectivity index (χ2v) is 9.62. The molecule has 3 aromatic rings. The van der Waals surface area contributed by atoms with Crippen molar-refractivity contribution in [3.63, 3.8) is 0 Å². The second-order valence-electron chi connectivity index (χ2n) is 7.62. The van der Waals surface area contributed by atoms with Crippen LogP contribution in [0.2, 0.25) is 0 Å². The lowest BCUT2D eigenvalue weighted by Crippen LogP contribution is -2.41. The Kier molecular flexibility index (Phi) is 8.58. The first-order chi connectivity index (χ1) is 18.6. The fourth-order valence-electron chi connectivity index (χ4n) is 3.07. The fourth-order valence-corrected chi connectivity index (χ4v) is 5.18. The smallest absolute Gasteiger partial charge is 0.426 e. The Bertz CT molecular complexity index is 1330. The highest BCUT2D eigenvalue weighted by Crippen LogP contribution is 2.43. The van der Waals surface area contributed by atoms with Gasteiger partial charge >= 0.3 is 31.2 Å². The Morgan fingerprint density at radius 3 is 1.32 bits per heavy atom. The van der Waals surface area contributed by atoms with E-state index < -0.39 is 69.8 Å². The monoisotopic (exact) mass is 633 g/mol. The zero-order valence-corrected chi connectivity index (χ0v) is 20.1. The van der Waals surface area contributed by atoms with Gasteiger partial charge in [-0.15, -0.1) is 26.3 Å². The van der Waals surface area contributed by atoms with E-state index in [1.807, 2.05) is 0 Å². The quantitative estimate of drug-likeness (QED) is 0.192. The van der Waals surface area contributed by atoms with Gasteiger partial charge in [-0.05, 0) is 66.7 Å². The molecule has 18 heteroatoms. The van der Waals surface area contributed by atoms with Crippen LogP contribution in [0.15, 0.2) is 81.4 Å². The van der Waals surface area contributed by atoms with E-state index in [-0.39, 0.29) is 15.9 Å². The minimum Gasteiger partial charge on any atom is -0.426 e. The highest BCUT2D eigenvalue weighted by atomic mass is 32.2. The molecule has 3 nitrogen and oxygen atoms in total. The third-order valence-corrected chi connectivity index (χ3v) is 6.91. The number of alkyl halides is 14.